The van der Waals surface area contributed by atoms with Gasteiger partial charge in [-0.2, -0.15) is 0 Å². The largest absolute Gasteiger partial charge is 0.496 e. The van der Waals surface area contributed by atoms with Crippen molar-refractivity contribution >= 4 is 23.2 Å². The van der Waals surface area contributed by atoms with Crippen molar-refractivity contribution in [3.63, 3.8) is 0 Å². The molecule has 0 radical (unpaired) electrons. The Kier molecular flexibility index (Phi) is 6.16. The molecule has 1 aliphatic rings. The average molecular weight is 387 g/mol. The highest BCUT2D eigenvalue weighted by molar-refractivity contribution is 7.12. The Labute approximate surface area is 164 Å². The predicted octanol–water partition coefficient (Wildman–Crippen LogP) is 3.79. The molecule has 2 aromatic rings. The first-order valence-corrected chi connectivity index (χ1v) is 10.1. The van der Waals surface area contributed by atoms with Crippen molar-refractivity contribution in [1.82, 2.24) is 10.2 Å². The van der Waals surface area contributed by atoms with Gasteiger partial charge < -0.3 is 15.0 Å². The number of amides is 2. The maximum atomic E-state index is 12.7. The summed E-state index contributed by atoms with van der Waals surface area (Å²) < 4.78 is 5.43. The van der Waals surface area contributed by atoms with Crippen molar-refractivity contribution < 1.29 is 14.3 Å². The fourth-order valence-electron chi connectivity index (χ4n) is 3.50. The van der Waals surface area contributed by atoms with Crippen LogP contribution < -0.4 is 10.1 Å². The number of aryl methyl sites for hydroxylation is 1. The van der Waals surface area contributed by atoms with Crippen LogP contribution in [-0.4, -0.2) is 36.9 Å². The lowest BCUT2D eigenvalue weighted by atomic mass is 9.94. The van der Waals surface area contributed by atoms with Crippen LogP contribution in [0.4, 0.5) is 0 Å². The maximum absolute atomic E-state index is 12.7. The van der Waals surface area contributed by atoms with Crippen molar-refractivity contribution in [2.24, 2.45) is 5.92 Å². The number of hydrogen-bond acceptors (Lipinski definition) is 4. The Morgan fingerprint density at radius 3 is 2.63 bits per heavy atom. The lowest BCUT2D eigenvalue weighted by Crippen LogP contribution is -2.43. The minimum absolute atomic E-state index is 0.0503. The van der Waals surface area contributed by atoms with Gasteiger partial charge in [-0.25, -0.2) is 0 Å². The predicted molar refractivity (Wildman–Crippen MR) is 107 cm³/mol. The van der Waals surface area contributed by atoms with Gasteiger partial charge in [-0.05, 0) is 44.2 Å². The van der Waals surface area contributed by atoms with Gasteiger partial charge in [-0.15, -0.1) is 11.3 Å². The standard InChI is InChI=1S/C21H26N2O3S/c1-14-6-7-18(26-3)17(13-14)15(2)22-20(24)16-8-10-23(11-9-16)21(25)19-5-4-12-27-19/h4-7,12-13,15-16H,8-11H2,1-3H3,(H,22,24)/t15-/m1/s1. The number of rotatable bonds is 5. The van der Waals surface area contributed by atoms with Crippen LogP contribution in [-0.2, 0) is 4.79 Å². The third-order valence-electron chi connectivity index (χ3n) is 5.10. The molecule has 1 saturated heterocycles. The van der Waals surface area contributed by atoms with Crippen LogP contribution in [0.25, 0.3) is 0 Å². The minimum Gasteiger partial charge on any atom is -0.496 e. The van der Waals surface area contributed by atoms with Gasteiger partial charge >= 0.3 is 0 Å². The number of ether oxygens (including phenoxy) is 1. The number of piperidine rings is 1. The van der Waals surface area contributed by atoms with E-state index >= 15 is 0 Å². The fourth-order valence-corrected chi connectivity index (χ4v) is 4.19. The summed E-state index contributed by atoms with van der Waals surface area (Å²) in [5, 5.41) is 5.03. The first kappa shape index (κ1) is 19.4. The van der Waals surface area contributed by atoms with Crippen LogP contribution in [0.3, 0.4) is 0 Å². The Balaban J connectivity index is 1.57. The summed E-state index contributed by atoms with van der Waals surface area (Å²) in [5.41, 5.74) is 2.11. The van der Waals surface area contributed by atoms with Gasteiger partial charge in [0.25, 0.3) is 5.91 Å². The summed E-state index contributed by atoms with van der Waals surface area (Å²) in [4.78, 5) is 27.8. The molecule has 0 unspecified atom stereocenters. The summed E-state index contributed by atoms with van der Waals surface area (Å²) in [7, 11) is 1.64. The number of carbonyl (C=O) groups is 2. The second-order valence-electron chi connectivity index (χ2n) is 7.02. The molecular weight excluding hydrogens is 360 g/mol. The highest BCUT2D eigenvalue weighted by atomic mass is 32.1. The summed E-state index contributed by atoms with van der Waals surface area (Å²) in [6.07, 6.45) is 1.39. The summed E-state index contributed by atoms with van der Waals surface area (Å²) in [6.45, 7) is 5.25. The topological polar surface area (TPSA) is 58.6 Å². The van der Waals surface area contributed by atoms with Crippen LogP contribution in [0.5, 0.6) is 5.75 Å². The molecular formula is C21H26N2O3S. The molecule has 3 rings (SSSR count). The first-order valence-electron chi connectivity index (χ1n) is 9.27. The number of thiophene rings is 1. The Morgan fingerprint density at radius 2 is 2.00 bits per heavy atom. The lowest BCUT2D eigenvalue weighted by molar-refractivity contribution is -0.127. The summed E-state index contributed by atoms with van der Waals surface area (Å²) in [6, 6.07) is 9.59. The van der Waals surface area contributed by atoms with Crippen molar-refractivity contribution in [2.45, 2.75) is 32.7 Å². The summed E-state index contributed by atoms with van der Waals surface area (Å²) >= 11 is 1.46. The number of hydrogen-bond donors (Lipinski definition) is 1. The van der Waals surface area contributed by atoms with Crippen molar-refractivity contribution in [1.29, 1.82) is 0 Å². The Morgan fingerprint density at radius 1 is 1.26 bits per heavy atom. The van der Waals surface area contributed by atoms with Crippen molar-refractivity contribution in [2.75, 3.05) is 20.2 Å². The zero-order chi connectivity index (χ0) is 19.4. The molecule has 144 valence electrons. The zero-order valence-electron chi connectivity index (χ0n) is 16.0. The Bertz CT molecular complexity index is 796. The molecule has 1 aliphatic heterocycles. The number of carbonyl (C=O) groups excluding carboxylic acids is 2. The number of nitrogens with zero attached hydrogens (tertiary/aromatic N) is 1. The van der Waals surface area contributed by atoms with Gasteiger partial charge in [0.15, 0.2) is 0 Å². The molecule has 0 spiro atoms. The number of nitrogens with one attached hydrogen (secondary N) is 1. The fraction of sp³-hybridized carbons (Fsp3) is 0.429. The highest BCUT2D eigenvalue weighted by Gasteiger charge is 2.29. The van der Waals surface area contributed by atoms with Crippen LogP contribution in [0.1, 0.15) is 46.6 Å². The van der Waals surface area contributed by atoms with Crippen LogP contribution in [0, 0.1) is 12.8 Å². The van der Waals surface area contributed by atoms with Gasteiger partial charge in [-0.1, -0.05) is 23.8 Å². The van der Waals surface area contributed by atoms with Gasteiger partial charge in [0.1, 0.15) is 5.75 Å². The minimum atomic E-state index is -0.127. The van der Waals surface area contributed by atoms with E-state index in [9.17, 15) is 9.59 Å². The molecule has 0 aliphatic carbocycles. The van der Waals surface area contributed by atoms with E-state index in [1.807, 2.05) is 54.5 Å². The molecule has 2 amide bonds. The molecule has 5 nitrogen and oxygen atoms in total. The molecule has 27 heavy (non-hydrogen) atoms. The van der Waals surface area contributed by atoms with Crippen molar-refractivity contribution in [3.05, 3.63) is 51.7 Å². The van der Waals surface area contributed by atoms with E-state index in [4.69, 9.17) is 4.74 Å². The van der Waals surface area contributed by atoms with Gasteiger partial charge in [0, 0.05) is 24.6 Å². The van der Waals surface area contributed by atoms with E-state index in [2.05, 4.69) is 5.32 Å². The van der Waals surface area contributed by atoms with E-state index in [-0.39, 0.29) is 23.8 Å². The van der Waals surface area contributed by atoms with E-state index in [0.29, 0.717) is 25.9 Å². The van der Waals surface area contributed by atoms with E-state index in [0.717, 1.165) is 21.8 Å². The highest BCUT2D eigenvalue weighted by Crippen LogP contribution is 2.27. The zero-order valence-corrected chi connectivity index (χ0v) is 16.8. The van der Waals surface area contributed by atoms with E-state index in [1.54, 1.807) is 7.11 Å². The maximum Gasteiger partial charge on any atom is 0.263 e. The molecule has 6 heteroatoms. The van der Waals surface area contributed by atoms with E-state index < -0.39 is 0 Å². The Hall–Kier alpha value is -2.34. The molecule has 0 saturated carbocycles. The molecule has 1 aromatic carbocycles. The second kappa shape index (κ2) is 8.57. The number of benzene rings is 1. The molecule has 1 aromatic heterocycles. The SMILES string of the molecule is COc1ccc(C)cc1[C@@H](C)NC(=O)C1CCN(C(=O)c2cccs2)CC1. The third-order valence-corrected chi connectivity index (χ3v) is 5.95. The van der Waals surface area contributed by atoms with Gasteiger partial charge in [0.05, 0.1) is 18.0 Å². The number of likely N-dealkylation sites (tertiary alicyclic amines) is 1. The molecule has 1 fully saturated rings. The normalized spacial score (nSPS) is 16.0. The molecule has 1 atom stereocenters. The van der Waals surface area contributed by atoms with Crippen LogP contribution in [0.15, 0.2) is 35.7 Å². The van der Waals surface area contributed by atoms with Crippen LogP contribution in [0.2, 0.25) is 0 Å². The van der Waals surface area contributed by atoms with Gasteiger partial charge in [0.2, 0.25) is 5.91 Å². The number of methoxy groups -OCH3 is 1. The molecule has 1 N–H and O–H groups in total. The smallest absolute Gasteiger partial charge is 0.263 e. The summed E-state index contributed by atoms with van der Waals surface area (Å²) in [5.74, 6) is 0.844. The van der Waals surface area contributed by atoms with Crippen LogP contribution >= 0.6 is 11.3 Å². The average Bonchev–Trinajstić information content (AvgIpc) is 3.22. The lowest BCUT2D eigenvalue weighted by Gasteiger charge is -2.31. The van der Waals surface area contributed by atoms with Gasteiger partial charge in [-0.3, -0.25) is 9.59 Å². The second-order valence-corrected chi connectivity index (χ2v) is 7.97. The van der Waals surface area contributed by atoms with E-state index in [1.165, 1.54) is 11.3 Å². The quantitative estimate of drug-likeness (QED) is 0.850. The molecule has 2 heterocycles. The molecule has 0 bridgehead atoms. The third kappa shape index (κ3) is 4.50. The first-order chi connectivity index (χ1) is 13.0. The monoisotopic (exact) mass is 386 g/mol. The van der Waals surface area contributed by atoms with Crippen molar-refractivity contribution in [3.8, 4) is 5.75 Å².